The summed E-state index contributed by atoms with van der Waals surface area (Å²) in [6, 6.07) is 10.8. The van der Waals surface area contributed by atoms with Crippen LogP contribution in [0.5, 0.6) is 0 Å². The summed E-state index contributed by atoms with van der Waals surface area (Å²) in [6.07, 6.45) is 0. The van der Waals surface area contributed by atoms with E-state index < -0.39 is 0 Å². The molecule has 1 unspecified atom stereocenters. The van der Waals surface area contributed by atoms with E-state index >= 15 is 0 Å². The van der Waals surface area contributed by atoms with Gasteiger partial charge in [0.15, 0.2) is 0 Å². The average Bonchev–Trinajstić information content (AvgIpc) is 2.95. The number of piperazine rings is 1. The lowest BCUT2D eigenvalue weighted by Crippen LogP contribution is -2.48. The number of furan rings is 1. The van der Waals surface area contributed by atoms with Crippen molar-refractivity contribution in [2.45, 2.75) is 19.5 Å². The van der Waals surface area contributed by atoms with Crippen molar-refractivity contribution in [3.63, 3.8) is 0 Å². The van der Waals surface area contributed by atoms with Crippen molar-refractivity contribution in [2.24, 2.45) is 0 Å². The number of para-hydroxylation sites is 1. The lowest BCUT2D eigenvalue weighted by atomic mass is 10.1. The molecule has 23 heavy (non-hydrogen) atoms. The van der Waals surface area contributed by atoms with Gasteiger partial charge in [0.05, 0.1) is 17.0 Å². The Morgan fingerprint density at radius 3 is 2.87 bits per heavy atom. The summed E-state index contributed by atoms with van der Waals surface area (Å²) in [5.74, 6) is 1.38. The number of halogens is 1. The van der Waals surface area contributed by atoms with Gasteiger partial charge >= 0.3 is 0 Å². The number of nitro groups is 1. The first-order valence-electron chi connectivity index (χ1n) is 7.42. The van der Waals surface area contributed by atoms with Crippen molar-refractivity contribution in [3.05, 3.63) is 52.3 Å². The molecular weight excluding hydrogens is 318 g/mol. The molecule has 1 aromatic heterocycles. The molecule has 6 nitrogen and oxygen atoms in total. The first-order chi connectivity index (χ1) is 10.6. The molecule has 0 saturated carbocycles. The molecule has 0 aliphatic carbocycles. The van der Waals surface area contributed by atoms with Gasteiger partial charge in [-0.15, -0.1) is 12.4 Å². The van der Waals surface area contributed by atoms with Crippen molar-refractivity contribution in [1.82, 2.24) is 10.2 Å². The molecule has 1 aliphatic heterocycles. The van der Waals surface area contributed by atoms with Crippen LogP contribution in [0.4, 0.5) is 5.69 Å². The molecule has 0 amide bonds. The highest BCUT2D eigenvalue weighted by molar-refractivity contribution is 5.85. The van der Waals surface area contributed by atoms with Gasteiger partial charge in [0, 0.05) is 31.7 Å². The molecule has 2 aromatic rings. The standard InChI is InChI=1S/C16H19N3O3.ClH/c1-12-10-18(9-8-17-12)11-13-6-7-16(22-13)14-4-2-3-5-15(14)19(20)21;/h2-7,12,17H,8-11H2,1H3;1H. The smallest absolute Gasteiger partial charge is 0.280 e. The maximum atomic E-state index is 11.1. The highest BCUT2D eigenvalue weighted by Gasteiger charge is 2.19. The lowest BCUT2D eigenvalue weighted by Gasteiger charge is -2.31. The van der Waals surface area contributed by atoms with Crippen molar-refractivity contribution in [1.29, 1.82) is 0 Å². The van der Waals surface area contributed by atoms with E-state index in [0.717, 1.165) is 31.9 Å². The summed E-state index contributed by atoms with van der Waals surface area (Å²) in [4.78, 5) is 13.0. The number of hydrogen-bond acceptors (Lipinski definition) is 5. The first kappa shape index (κ1) is 17.5. The molecule has 2 heterocycles. The number of nitrogens with zero attached hydrogens (tertiary/aromatic N) is 2. The monoisotopic (exact) mass is 337 g/mol. The van der Waals surface area contributed by atoms with Gasteiger partial charge in [-0.3, -0.25) is 15.0 Å². The second-order valence-electron chi connectivity index (χ2n) is 5.63. The number of nitro benzene ring substituents is 1. The SMILES string of the molecule is CC1CN(Cc2ccc(-c3ccccc3[N+](=O)[O-])o2)CCN1.Cl. The molecule has 1 fully saturated rings. The number of nitrogens with one attached hydrogen (secondary N) is 1. The van der Waals surface area contributed by atoms with Crippen molar-refractivity contribution >= 4 is 18.1 Å². The Morgan fingerprint density at radius 1 is 1.35 bits per heavy atom. The van der Waals surface area contributed by atoms with Crippen molar-refractivity contribution in [2.75, 3.05) is 19.6 Å². The third kappa shape index (κ3) is 4.10. The van der Waals surface area contributed by atoms with Crippen molar-refractivity contribution < 1.29 is 9.34 Å². The van der Waals surface area contributed by atoms with Crippen LogP contribution in [-0.4, -0.2) is 35.5 Å². The molecule has 1 aromatic carbocycles. The van der Waals surface area contributed by atoms with Crippen LogP contribution >= 0.6 is 12.4 Å². The van der Waals surface area contributed by atoms with Crippen LogP contribution < -0.4 is 5.32 Å². The summed E-state index contributed by atoms with van der Waals surface area (Å²) in [6.45, 7) is 5.81. The molecule has 1 N–H and O–H groups in total. The number of hydrogen-bond donors (Lipinski definition) is 1. The normalized spacial score (nSPS) is 18.4. The number of rotatable bonds is 4. The van der Waals surface area contributed by atoms with Gasteiger partial charge in [-0.05, 0) is 25.1 Å². The Balaban J connectivity index is 0.00000192. The van der Waals surface area contributed by atoms with Crippen molar-refractivity contribution in [3.8, 4) is 11.3 Å². The summed E-state index contributed by atoms with van der Waals surface area (Å²) in [7, 11) is 0. The fraction of sp³-hybridized carbons (Fsp3) is 0.375. The molecule has 1 aliphatic rings. The summed E-state index contributed by atoms with van der Waals surface area (Å²) in [5.41, 5.74) is 0.589. The minimum Gasteiger partial charge on any atom is -0.459 e. The zero-order valence-corrected chi connectivity index (χ0v) is 13.7. The van der Waals surface area contributed by atoms with E-state index in [0.29, 0.717) is 17.4 Å². The van der Waals surface area contributed by atoms with E-state index in [9.17, 15) is 10.1 Å². The minimum absolute atomic E-state index is 0. The molecule has 0 radical (unpaired) electrons. The summed E-state index contributed by atoms with van der Waals surface area (Å²) in [5, 5.41) is 14.5. The molecule has 124 valence electrons. The molecule has 7 heteroatoms. The minimum atomic E-state index is -0.379. The van der Waals surface area contributed by atoms with Crippen LogP contribution in [0, 0.1) is 10.1 Å². The van der Waals surface area contributed by atoms with E-state index in [1.165, 1.54) is 6.07 Å². The maximum absolute atomic E-state index is 11.1. The van der Waals surface area contributed by atoms with Gasteiger partial charge in [-0.25, -0.2) is 0 Å². The predicted molar refractivity (Wildman–Crippen MR) is 90.8 cm³/mol. The molecule has 3 rings (SSSR count). The zero-order chi connectivity index (χ0) is 15.5. The Labute approximate surface area is 141 Å². The Hall–Kier alpha value is -1.89. The zero-order valence-electron chi connectivity index (χ0n) is 12.9. The quantitative estimate of drug-likeness (QED) is 0.685. The van der Waals surface area contributed by atoms with Gasteiger partial charge in [0.25, 0.3) is 5.69 Å². The fourth-order valence-electron chi connectivity index (χ4n) is 2.83. The third-order valence-electron chi connectivity index (χ3n) is 3.86. The molecular formula is C16H20ClN3O3. The highest BCUT2D eigenvalue weighted by Crippen LogP contribution is 2.31. The largest absolute Gasteiger partial charge is 0.459 e. The van der Waals surface area contributed by atoms with Crippen LogP contribution in [0.15, 0.2) is 40.8 Å². The van der Waals surface area contributed by atoms with E-state index in [1.807, 2.05) is 12.1 Å². The number of benzene rings is 1. The van der Waals surface area contributed by atoms with Gasteiger partial charge in [0.1, 0.15) is 11.5 Å². The second-order valence-corrected chi connectivity index (χ2v) is 5.63. The molecule has 1 saturated heterocycles. The van der Waals surface area contributed by atoms with Gasteiger partial charge < -0.3 is 9.73 Å². The van der Waals surface area contributed by atoms with Crippen LogP contribution in [0.2, 0.25) is 0 Å². The highest BCUT2D eigenvalue weighted by atomic mass is 35.5. The van der Waals surface area contributed by atoms with E-state index in [1.54, 1.807) is 18.2 Å². The second kappa shape index (κ2) is 7.59. The lowest BCUT2D eigenvalue weighted by molar-refractivity contribution is -0.384. The summed E-state index contributed by atoms with van der Waals surface area (Å²) < 4.78 is 5.83. The predicted octanol–water partition coefficient (Wildman–Crippen LogP) is 3.07. The van der Waals surface area contributed by atoms with E-state index in [2.05, 4.69) is 17.1 Å². The Bertz CT molecular complexity index is 674. The van der Waals surface area contributed by atoms with Crippen LogP contribution in [0.1, 0.15) is 12.7 Å². The van der Waals surface area contributed by atoms with Gasteiger partial charge in [-0.1, -0.05) is 12.1 Å². The Kier molecular flexibility index (Phi) is 5.76. The summed E-state index contributed by atoms with van der Waals surface area (Å²) >= 11 is 0. The van der Waals surface area contributed by atoms with Crippen LogP contribution in [0.3, 0.4) is 0 Å². The fourth-order valence-corrected chi connectivity index (χ4v) is 2.83. The average molecular weight is 338 g/mol. The molecule has 1 atom stereocenters. The first-order valence-corrected chi connectivity index (χ1v) is 7.42. The van der Waals surface area contributed by atoms with E-state index in [-0.39, 0.29) is 23.0 Å². The third-order valence-corrected chi connectivity index (χ3v) is 3.86. The topological polar surface area (TPSA) is 71.5 Å². The van der Waals surface area contributed by atoms with Gasteiger partial charge in [0.2, 0.25) is 0 Å². The van der Waals surface area contributed by atoms with E-state index in [4.69, 9.17) is 4.42 Å². The van der Waals surface area contributed by atoms with Crippen LogP contribution in [-0.2, 0) is 6.54 Å². The Morgan fingerprint density at radius 2 is 2.13 bits per heavy atom. The molecule has 0 bridgehead atoms. The maximum Gasteiger partial charge on any atom is 0.280 e. The molecule has 0 spiro atoms. The van der Waals surface area contributed by atoms with Crippen LogP contribution in [0.25, 0.3) is 11.3 Å². The van der Waals surface area contributed by atoms with Gasteiger partial charge in [-0.2, -0.15) is 0 Å².